The summed E-state index contributed by atoms with van der Waals surface area (Å²) < 4.78 is 0. The van der Waals surface area contributed by atoms with Crippen LogP contribution in [-0.4, -0.2) is 30.9 Å². The van der Waals surface area contributed by atoms with E-state index in [1.807, 2.05) is 0 Å². The molecule has 0 spiro atoms. The smallest absolute Gasteiger partial charge is 0.0905 e. The number of rotatable bonds is 6. The summed E-state index contributed by atoms with van der Waals surface area (Å²) in [7, 11) is 2.17. The molecule has 0 aromatic rings. The molecular formula is C10H21N3. The van der Waals surface area contributed by atoms with Crippen molar-refractivity contribution in [1.82, 2.24) is 4.90 Å². The standard InChI is InChI=1S/C10H21N3/c1-13(7-3-6-10(11)12)8-9-4-2-5-9/h9H,2-8H2,1H3,(H3,11,12). The summed E-state index contributed by atoms with van der Waals surface area (Å²) in [6.07, 6.45) is 6.02. The molecule has 1 saturated carbocycles. The Labute approximate surface area is 80.8 Å². The van der Waals surface area contributed by atoms with Gasteiger partial charge in [-0.25, -0.2) is 0 Å². The predicted molar refractivity (Wildman–Crippen MR) is 56.0 cm³/mol. The van der Waals surface area contributed by atoms with E-state index in [4.69, 9.17) is 11.1 Å². The molecule has 0 aliphatic heterocycles. The molecule has 1 aliphatic rings. The normalized spacial score (nSPS) is 17.4. The highest BCUT2D eigenvalue weighted by atomic mass is 15.1. The van der Waals surface area contributed by atoms with E-state index in [9.17, 15) is 0 Å². The quantitative estimate of drug-likeness (QED) is 0.483. The van der Waals surface area contributed by atoms with Gasteiger partial charge in [0.2, 0.25) is 0 Å². The zero-order valence-electron chi connectivity index (χ0n) is 8.55. The molecule has 0 unspecified atom stereocenters. The first kappa shape index (κ1) is 10.5. The fourth-order valence-electron chi connectivity index (χ4n) is 1.75. The SMILES string of the molecule is CN(CCCC(=N)N)CC1CCC1. The second kappa shape index (κ2) is 5.22. The summed E-state index contributed by atoms with van der Waals surface area (Å²) >= 11 is 0. The summed E-state index contributed by atoms with van der Waals surface area (Å²) in [5.74, 6) is 1.26. The molecule has 3 heteroatoms. The van der Waals surface area contributed by atoms with Gasteiger partial charge >= 0.3 is 0 Å². The van der Waals surface area contributed by atoms with Crippen molar-refractivity contribution in [2.45, 2.75) is 32.1 Å². The lowest BCUT2D eigenvalue weighted by Crippen LogP contribution is -2.30. The summed E-state index contributed by atoms with van der Waals surface area (Å²) in [6, 6.07) is 0. The van der Waals surface area contributed by atoms with Crippen LogP contribution < -0.4 is 5.73 Å². The Balaban J connectivity index is 1.96. The lowest BCUT2D eigenvalue weighted by Gasteiger charge is -2.30. The molecule has 13 heavy (non-hydrogen) atoms. The number of nitrogens with one attached hydrogen (secondary N) is 1. The average Bonchev–Trinajstić information content (AvgIpc) is 1.96. The second-order valence-electron chi connectivity index (χ2n) is 4.19. The molecule has 3 N–H and O–H groups in total. The van der Waals surface area contributed by atoms with Gasteiger partial charge in [0, 0.05) is 13.0 Å². The Morgan fingerprint density at radius 1 is 1.54 bits per heavy atom. The Bertz CT molecular complexity index is 164. The van der Waals surface area contributed by atoms with E-state index in [-0.39, 0.29) is 0 Å². The van der Waals surface area contributed by atoms with Crippen molar-refractivity contribution in [1.29, 1.82) is 5.41 Å². The molecule has 0 heterocycles. The fourth-order valence-corrected chi connectivity index (χ4v) is 1.75. The zero-order chi connectivity index (χ0) is 9.68. The Morgan fingerprint density at radius 3 is 2.69 bits per heavy atom. The molecule has 0 saturated heterocycles. The van der Waals surface area contributed by atoms with Crippen molar-refractivity contribution in [3.63, 3.8) is 0 Å². The van der Waals surface area contributed by atoms with E-state index in [2.05, 4.69) is 11.9 Å². The van der Waals surface area contributed by atoms with Crippen molar-refractivity contribution in [2.24, 2.45) is 11.7 Å². The van der Waals surface area contributed by atoms with Gasteiger partial charge in [-0.1, -0.05) is 6.42 Å². The molecule has 1 aliphatic carbocycles. The molecule has 0 aromatic carbocycles. The van der Waals surface area contributed by atoms with Crippen molar-refractivity contribution < 1.29 is 0 Å². The number of nitrogens with two attached hydrogens (primary N) is 1. The van der Waals surface area contributed by atoms with Crippen LogP contribution in [0.2, 0.25) is 0 Å². The third kappa shape index (κ3) is 4.27. The Morgan fingerprint density at radius 2 is 2.23 bits per heavy atom. The highest BCUT2D eigenvalue weighted by Gasteiger charge is 2.18. The number of amidine groups is 1. The minimum Gasteiger partial charge on any atom is -0.388 e. The largest absolute Gasteiger partial charge is 0.388 e. The average molecular weight is 183 g/mol. The lowest BCUT2D eigenvalue weighted by atomic mass is 9.85. The van der Waals surface area contributed by atoms with Crippen molar-refractivity contribution in [2.75, 3.05) is 20.1 Å². The first-order valence-corrected chi connectivity index (χ1v) is 5.20. The summed E-state index contributed by atoms with van der Waals surface area (Å²) in [5, 5.41) is 7.09. The highest BCUT2D eigenvalue weighted by molar-refractivity contribution is 5.76. The fraction of sp³-hybridized carbons (Fsp3) is 0.900. The maximum absolute atomic E-state index is 7.09. The van der Waals surface area contributed by atoms with Gasteiger partial charge in [-0.2, -0.15) is 0 Å². The molecule has 1 rings (SSSR count). The van der Waals surface area contributed by atoms with Gasteiger partial charge in [-0.15, -0.1) is 0 Å². The molecule has 0 bridgehead atoms. The van der Waals surface area contributed by atoms with Crippen LogP contribution in [0.25, 0.3) is 0 Å². The van der Waals surface area contributed by atoms with Gasteiger partial charge in [0.15, 0.2) is 0 Å². The van der Waals surface area contributed by atoms with Gasteiger partial charge < -0.3 is 10.6 Å². The molecule has 0 amide bonds. The predicted octanol–water partition coefficient (Wildman–Crippen LogP) is 1.43. The summed E-state index contributed by atoms with van der Waals surface area (Å²) in [5.41, 5.74) is 5.28. The van der Waals surface area contributed by atoms with Crippen molar-refractivity contribution >= 4 is 5.84 Å². The topological polar surface area (TPSA) is 53.1 Å². The van der Waals surface area contributed by atoms with Gasteiger partial charge in [0.05, 0.1) is 5.84 Å². The Kier molecular flexibility index (Phi) is 4.22. The number of hydrogen-bond donors (Lipinski definition) is 2. The van der Waals surface area contributed by atoms with Gasteiger partial charge in [-0.3, -0.25) is 5.41 Å². The molecule has 76 valence electrons. The van der Waals surface area contributed by atoms with E-state index in [0.717, 1.165) is 25.3 Å². The van der Waals surface area contributed by atoms with Crippen LogP contribution in [0.1, 0.15) is 32.1 Å². The van der Waals surface area contributed by atoms with E-state index in [1.54, 1.807) is 0 Å². The van der Waals surface area contributed by atoms with Crippen molar-refractivity contribution in [3.8, 4) is 0 Å². The van der Waals surface area contributed by atoms with Crippen LogP contribution in [0.5, 0.6) is 0 Å². The zero-order valence-corrected chi connectivity index (χ0v) is 8.55. The number of nitrogens with zero attached hydrogens (tertiary/aromatic N) is 1. The van der Waals surface area contributed by atoms with Gasteiger partial charge in [-0.05, 0) is 38.8 Å². The highest BCUT2D eigenvalue weighted by Crippen LogP contribution is 2.26. The second-order valence-corrected chi connectivity index (χ2v) is 4.19. The van der Waals surface area contributed by atoms with Crippen LogP contribution >= 0.6 is 0 Å². The molecule has 0 aromatic heterocycles. The monoisotopic (exact) mass is 183 g/mol. The van der Waals surface area contributed by atoms with E-state index in [0.29, 0.717) is 5.84 Å². The minimum atomic E-state index is 0.317. The molecular weight excluding hydrogens is 162 g/mol. The maximum Gasteiger partial charge on any atom is 0.0905 e. The third-order valence-electron chi connectivity index (χ3n) is 2.78. The lowest BCUT2D eigenvalue weighted by molar-refractivity contribution is 0.205. The van der Waals surface area contributed by atoms with Crippen LogP contribution in [0.15, 0.2) is 0 Å². The minimum absolute atomic E-state index is 0.317. The Hall–Kier alpha value is -0.570. The third-order valence-corrected chi connectivity index (χ3v) is 2.78. The molecule has 0 atom stereocenters. The van der Waals surface area contributed by atoms with E-state index < -0.39 is 0 Å². The van der Waals surface area contributed by atoms with Gasteiger partial charge in [0.25, 0.3) is 0 Å². The van der Waals surface area contributed by atoms with Gasteiger partial charge in [0.1, 0.15) is 0 Å². The summed E-state index contributed by atoms with van der Waals surface area (Å²) in [4.78, 5) is 2.37. The molecule has 0 radical (unpaired) electrons. The molecule has 1 fully saturated rings. The number of hydrogen-bond acceptors (Lipinski definition) is 2. The van der Waals surface area contributed by atoms with Crippen molar-refractivity contribution in [3.05, 3.63) is 0 Å². The van der Waals surface area contributed by atoms with Crippen LogP contribution in [0.4, 0.5) is 0 Å². The first-order chi connectivity index (χ1) is 6.18. The van der Waals surface area contributed by atoms with E-state index >= 15 is 0 Å². The van der Waals surface area contributed by atoms with Crippen LogP contribution in [0, 0.1) is 11.3 Å². The van der Waals surface area contributed by atoms with Crippen LogP contribution in [0.3, 0.4) is 0 Å². The molecule has 3 nitrogen and oxygen atoms in total. The van der Waals surface area contributed by atoms with Crippen LogP contribution in [-0.2, 0) is 0 Å². The summed E-state index contributed by atoms with van der Waals surface area (Å²) in [6.45, 7) is 2.31. The first-order valence-electron chi connectivity index (χ1n) is 5.20. The maximum atomic E-state index is 7.09. The van der Waals surface area contributed by atoms with E-state index in [1.165, 1.54) is 25.8 Å².